The number of aromatic nitrogens is 2. The van der Waals surface area contributed by atoms with E-state index in [4.69, 9.17) is 5.11 Å². The number of anilines is 1. The fraction of sp³-hybridized carbons (Fsp3) is 0.571. The zero-order chi connectivity index (χ0) is 14.9. The Labute approximate surface area is 123 Å². The Morgan fingerprint density at radius 1 is 1.50 bits per heavy atom. The van der Waals surface area contributed by atoms with Gasteiger partial charge in [0.2, 0.25) is 0 Å². The summed E-state index contributed by atoms with van der Waals surface area (Å²) in [5, 5.41) is 13.3. The number of rotatable bonds is 3. The van der Waals surface area contributed by atoms with E-state index in [9.17, 15) is 4.79 Å². The fourth-order valence-electron chi connectivity index (χ4n) is 2.58. The quantitative estimate of drug-likeness (QED) is 0.866. The predicted octanol–water partition coefficient (Wildman–Crippen LogP) is 2.16. The highest BCUT2D eigenvalue weighted by Crippen LogP contribution is 2.34. The lowest BCUT2D eigenvalue weighted by Crippen LogP contribution is -2.44. The Hall–Kier alpha value is -1.43. The Balaban J connectivity index is 2.38. The van der Waals surface area contributed by atoms with Crippen LogP contribution in [-0.4, -0.2) is 44.4 Å². The molecule has 0 radical (unpaired) electrons. The number of aryl methyl sites for hydroxylation is 2. The normalized spacial score (nSPS) is 18.7. The highest BCUT2D eigenvalue weighted by molar-refractivity contribution is 8.00. The van der Waals surface area contributed by atoms with E-state index in [1.54, 1.807) is 6.08 Å². The standard InChI is InChI=1S/C14H21N3O2S/c1-10-11(5-6-12(18)19)13(16(4)15-10)17-7-8-20-14(2,3)9-17/h5-6H,7-9H2,1-4H3,(H,18,19)/b6-5+. The van der Waals surface area contributed by atoms with Gasteiger partial charge in [0.05, 0.1) is 5.69 Å². The first kappa shape index (κ1) is 15.0. The number of thioether (sulfide) groups is 1. The molecule has 1 fully saturated rings. The molecule has 0 amide bonds. The third-order valence-corrected chi connectivity index (χ3v) is 4.65. The van der Waals surface area contributed by atoms with Gasteiger partial charge in [0, 0.05) is 42.3 Å². The Morgan fingerprint density at radius 3 is 2.80 bits per heavy atom. The van der Waals surface area contributed by atoms with Gasteiger partial charge in [-0.2, -0.15) is 16.9 Å². The second kappa shape index (κ2) is 5.52. The average Bonchev–Trinajstić information content (AvgIpc) is 2.59. The minimum atomic E-state index is -0.936. The largest absolute Gasteiger partial charge is 0.478 e. The molecule has 1 aliphatic heterocycles. The summed E-state index contributed by atoms with van der Waals surface area (Å²) >= 11 is 1.97. The summed E-state index contributed by atoms with van der Waals surface area (Å²) in [6.45, 7) is 8.28. The van der Waals surface area contributed by atoms with E-state index in [1.807, 2.05) is 30.4 Å². The van der Waals surface area contributed by atoms with E-state index in [-0.39, 0.29) is 4.75 Å². The third-order valence-electron chi connectivity index (χ3n) is 3.35. The first-order chi connectivity index (χ1) is 9.30. The van der Waals surface area contributed by atoms with Crippen LogP contribution in [0.4, 0.5) is 5.82 Å². The van der Waals surface area contributed by atoms with Gasteiger partial charge in [-0.15, -0.1) is 0 Å². The van der Waals surface area contributed by atoms with E-state index >= 15 is 0 Å². The summed E-state index contributed by atoms with van der Waals surface area (Å²) in [6, 6.07) is 0. The molecule has 0 unspecified atom stereocenters. The maximum atomic E-state index is 10.8. The highest BCUT2D eigenvalue weighted by atomic mass is 32.2. The Kier molecular flexibility index (Phi) is 4.13. The van der Waals surface area contributed by atoms with Crippen LogP contribution >= 0.6 is 11.8 Å². The SMILES string of the molecule is Cc1nn(C)c(N2CCSC(C)(C)C2)c1/C=C/C(=O)O. The van der Waals surface area contributed by atoms with Gasteiger partial charge in [0.1, 0.15) is 5.82 Å². The molecule has 6 heteroatoms. The molecule has 2 heterocycles. The summed E-state index contributed by atoms with van der Waals surface area (Å²) in [5.41, 5.74) is 1.76. The molecule has 0 saturated carbocycles. The van der Waals surface area contributed by atoms with Gasteiger partial charge >= 0.3 is 5.97 Å². The molecule has 5 nitrogen and oxygen atoms in total. The van der Waals surface area contributed by atoms with Crippen molar-refractivity contribution in [1.82, 2.24) is 9.78 Å². The van der Waals surface area contributed by atoms with Crippen LogP contribution in [0.5, 0.6) is 0 Å². The summed E-state index contributed by atoms with van der Waals surface area (Å²) in [5.74, 6) is 1.14. The van der Waals surface area contributed by atoms with Crippen LogP contribution in [0.25, 0.3) is 6.08 Å². The first-order valence-electron chi connectivity index (χ1n) is 6.64. The van der Waals surface area contributed by atoms with Gasteiger partial charge < -0.3 is 10.0 Å². The van der Waals surface area contributed by atoms with Crippen molar-refractivity contribution in [3.8, 4) is 0 Å². The molecule has 110 valence electrons. The Morgan fingerprint density at radius 2 is 2.20 bits per heavy atom. The maximum Gasteiger partial charge on any atom is 0.328 e. The number of carboxylic acid groups (broad SMARTS) is 1. The van der Waals surface area contributed by atoms with Crippen LogP contribution in [0.1, 0.15) is 25.1 Å². The number of nitrogens with zero attached hydrogens (tertiary/aromatic N) is 3. The van der Waals surface area contributed by atoms with Crippen molar-refractivity contribution < 1.29 is 9.90 Å². The second-order valence-corrected chi connectivity index (χ2v) is 7.45. The molecule has 0 aliphatic carbocycles. The third kappa shape index (κ3) is 3.17. The molecule has 1 aromatic rings. The van der Waals surface area contributed by atoms with E-state index in [1.165, 1.54) is 6.08 Å². The molecular weight excluding hydrogens is 274 g/mol. The lowest BCUT2D eigenvalue weighted by Gasteiger charge is -2.39. The van der Waals surface area contributed by atoms with Gasteiger partial charge in [0.25, 0.3) is 0 Å². The zero-order valence-electron chi connectivity index (χ0n) is 12.4. The van der Waals surface area contributed by atoms with Crippen molar-refractivity contribution in [3.63, 3.8) is 0 Å². The van der Waals surface area contributed by atoms with Gasteiger partial charge in [-0.25, -0.2) is 4.79 Å². The topological polar surface area (TPSA) is 58.4 Å². The predicted molar refractivity (Wildman–Crippen MR) is 83.4 cm³/mol. The summed E-state index contributed by atoms with van der Waals surface area (Å²) in [6.07, 6.45) is 2.83. The lowest BCUT2D eigenvalue weighted by atomic mass is 10.1. The van der Waals surface area contributed by atoms with Crippen LogP contribution in [0, 0.1) is 6.92 Å². The van der Waals surface area contributed by atoms with Crippen molar-refractivity contribution >= 4 is 29.6 Å². The van der Waals surface area contributed by atoms with Crippen LogP contribution < -0.4 is 4.90 Å². The molecule has 0 atom stereocenters. The van der Waals surface area contributed by atoms with Gasteiger partial charge in [0.15, 0.2) is 0 Å². The van der Waals surface area contributed by atoms with E-state index < -0.39 is 5.97 Å². The number of hydrogen-bond acceptors (Lipinski definition) is 4. The number of carbonyl (C=O) groups is 1. The fourth-order valence-corrected chi connectivity index (χ4v) is 3.70. The van der Waals surface area contributed by atoms with Crippen LogP contribution in [-0.2, 0) is 11.8 Å². The Bertz CT molecular complexity index is 549. The smallest absolute Gasteiger partial charge is 0.328 e. The highest BCUT2D eigenvalue weighted by Gasteiger charge is 2.30. The number of carboxylic acids is 1. The minimum Gasteiger partial charge on any atom is -0.478 e. The lowest BCUT2D eigenvalue weighted by molar-refractivity contribution is -0.131. The molecule has 1 aromatic heterocycles. The van der Waals surface area contributed by atoms with Crippen LogP contribution in [0.2, 0.25) is 0 Å². The van der Waals surface area contributed by atoms with Gasteiger partial charge in [-0.3, -0.25) is 4.68 Å². The molecule has 2 rings (SSSR count). The van der Waals surface area contributed by atoms with E-state index in [0.29, 0.717) is 0 Å². The molecule has 0 aromatic carbocycles. The van der Waals surface area contributed by atoms with Crippen LogP contribution in [0.3, 0.4) is 0 Å². The van der Waals surface area contributed by atoms with E-state index in [2.05, 4.69) is 23.8 Å². The molecular formula is C14H21N3O2S. The first-order valence-corrected chi connectivity index (χ1v) is 7.62. The maximum absolute atomic E-state index is 10.8. The van der Waals surface area contributed by atoms with Crippen molar-refractivity contribution in [2.75, 3.05) is 23.7 Å². The zero-order valence-corrected chi connectivity index (χ0v) is 13.2. The summed E-state index contributed by atoms with van der Waals surface area (Å²) in [4.78, 5) is 13.1. The monoisotopic (exact) mass is 295 g/mol. The van der Waals surface area contributed by atoms with Gasteiger partial charge in [-0.1, -0.05) is 0 Å². The second-order valence-electron chi connectivity index (χ2n) is 5.65. The van der Waals surface area contributed by atoms with Crippen molar-refractivity contribution in [1.29, 1.82) is 0 Å². The molecule has 1 N–H and O–H groups in total. The van der Waals surface area contributed by atoms with Crippen molar-refractivity contribution in [2.24, 2.45) is 7.05 Å². The molecule has 1 saturated heterocycles. The molecule has 1 aliphatic rings. The van der Waals surface area contributed by atoms with Crippen LogP contribution in [0.15, 0.2) is 6.08 Å². The molecule has 20 heavy (non-hydrogen) atoms. The minimum absolute atomic E-state index is 0.199. The van der Waals surface area contributed by atoms with E-state index in [0.717, 1.165) is 35.9 Å². The summed E-state index contributed by atoms with van der Waals surface area (Å²) in [7, 11) is 1.91. The summed E-state index contributed by atoms with van der Waals surface area (Å²) < 4.78 is 2.05. The number of aliphatic carboxylic acids is 1. The van der Waals surface area contributed by atoms with Gasteiger partial charge in [-0.05, 0) is 26.8 Å². The molecule has 0 spiro atoms. The van der Waals surface area contributed by atoms with Crippen molar-refractivity contribution in [2.45, 2.75) is 25.5 Å². The van der Waals surface area contributed by atoms with Crippen molar-refractivity contribution in [3.05, 3.63) is 17.3 Å². The molecule has 0 bridgehead atoms. The number of hydrogen-bond donors (Lipinski definition) is 1. The average molecular weight is 295 g/mol.